The number of fused-ring (bicyclic) bond motifs is 1. The molecule has 166 valence electrons. The number of rotatable bonds is 6. The molecule has 1 amide bonds. The molecule has 31 heavy (non-hydrogen) atoms. The highest BCUT2D eigenvalue weighted by Gasteiger charge is 2.42. The number of carbonyl (C=O) groups is 2. The van der Waals surface area contributed by atoms with Gasteiger partial charge in [0.25, 0.3) is 0 Å². The lowest BCUT2D eigenvalue weighted by molar-refractivity contribution is -0.137. The second-order valence-corrected chi connectivity index (χ2v) is 7.87. The van der Waals surface area contributed by atoms with Gasteiger partial charge in [0.1, 0.15) is 5.82 Å². The highest BCUT2D eigenvalue weighted by atomic mass is 19.1. The minimum Gasteiger partial charge on any atom is -0.488 e. The van der Waals surface area contributed by atoms with Crippen LogP contribution in [0.2, 0.25) is 0 Å². The SMILES string of the molecule is COC(=O)N1c2c(cc(F)cc2-c2cc(F)c(OCCCC(=O)O)c(F)c2)CC1(C)C. The first kappa shape index (κ1) is 22.5. The number of nitrogens with zero attached hydrogens (tertiary/aromatic N) is 1. The van der Waals surface area contributed by atoms with Crippen LogP contribution in [0.1, 0.15) is 32.3 Å². The van der Waals surface area contributed by atoms with Crippen LogP contribution in [0.5, 0.6) is 5.75 Å². The predicted octanol–water partition coefficient (Wildman–Crippen LogP) is 4.92. The van der Waals surface area contributed by atoms with Crippen LogP contribution in [0, 0.1) is 17.5 Å². The Kier molecular flexibility index (Phi) is 6.15. The number of carbonyl (C=O) groups excluding carboxylic acids is 1. The van der Waals surface area contributed by atoms with Crippen LogP contribution < -0.4 is 9.64 Å². The zero-order valence-corrected chi connectivity index (χ0v) is 17.3. The van der Waals surface area contributed by atoms with Crippen molar-refractivity contribution < 1.29 is 37.3 Å². The molecule has 0 saturated heterocycles. The van der Waals surface area contributed by atoms with E-state index in [1.54, 1.807) is 13.8 Å². The lowest BCUT2D eigenvalue weighted by Crippen LogP contribution is -2.45. The first-order valence-corrected chi connectivity index (χ1v) is 9.59. The van der Waals surface area contributed by atoms with Crippen LogP contribution in [0.15, 0.2) is 24.3 Å². The highest BCUT2D eigenvalue weighted by molar-refractivity contribution is 5.98. The number of methoxy groups -OCH3 is 1. The molecule has 1 aliphatic heterocycles. The van der Waals surface area contributed by atoms with Crippen LogP contribution in [0.25, 0.3) is 11.1 Å². The lowest BCUT2D eigenvalue weighted by atomic mass is 9.97. The Labute approximate surface area is 177 Å². The molecule has 6 nitrogen and oxygen atoms in total. The Balaban J connectivity index is 2.03. The van der Waals surface area contributed by atoms with Crippen molar-refractivity contribution in [2.45, 2.75) is 38.6 Å². The molecule has 9 heteroatoms. The minimum absolute atomic E-state index is 0.0234. The van der Waals surface area contributed by atoms with Crippen molar-refractivity contribution >= 4 is 17.7 Å². The van der Waals surface area contributed by atoms with Gasteiger partial charge in [-0.1, -0.05) is 0 Å². The minimum atomic E-state index is -1.04. The van der Waals surface area contributed by atoms with Crippen molar-refractivity contribution in [2.75, 3.05) is 18.6 Å². The van der Waals surface area contributed by atoms with E-state index in [1.807, 2.05) is 0 Å². The van der Waals surface area contributed by atoms with Gasteiger partial charge >= 0.3 is 12.1 Å². The topological polar surface area (TPSA) is 76.1 Å². The van der Waals surface area contributed by atoms with Crippen LogP contribution in [0.4, 0.5) is 23.7 Å². The average Bonchev–Trinajstić information content (AvgIpc) is 2.94. The average molecular weight is 437 g/mol. The number of halogens is 3. The Morgan fingerprint density at radius 3 is 2.35 bits per heavy atom. The molecule has 0 spiro atoms. The largest absolute Gasteiger partial charge is 0.488 e. The predicted molar refractivity (Wildman–Crippen MR) is 107 cm³/mol. The first-order valence-electron chi connectivity index (χ1n) is 9.59. The second-order valence-electron chi connectivity index (χ2n) is 7.87. The number of benzene rings is 2. The van der Waals surface area contributed by atoms with Crippen molar-refractivity contribution in [3.63, 3.8) is 0 Å². The fourth-order valence-electron chi connectivity index (χ4n) is 3.80. The van der Waals surface area contributed by atoms with Crippen LogP contribution in [0.3, 0.4) is 0 Å². The van der Waals surface area contributed by atoms with Crippen molar-refractivity contribution in [3.05, 3.63) is 47.3 Å². The maximum Gasteiger partial charge on any atom is 0.414 e. The molecule has 2 aromatic carbocycles. The maximum atomic E-state index is 14.6. The number of aliphatic carboxylic acids is 1. The Bertz CT molecular complexity index is 1020. The van der Waals surface area contributed by atoms with E-state index >= 15 is 0 Å². The summed E-state index contributed by atoms with van der Waals surface area (Å²) >= 11 is 0. The van der Waals surface area contributed by atoms with Crippen molar-refractivity contribution in [3.8, 4) is 16.9 Å². The quantitative estimate of drug-likeness (QED) is 0.649. The van der Waals surface area contributed by atoms with Crippen LogP contribution in [-0.4, -0.2) is 36.4 Å². The molecular weight excluding hydrogens is 415 g/mol. The fourth-order valence-corrected chi connectivity index (χ4v) is 3.80. The molecule has 0 unspecified atom stereocenters. The van der Waals surface area contributed by atoms with Gasteiger partial charge in [-0.05, 0) is 62.1 Å². The number of carboxylic acid groups (broad SMARTS) is 1. The molecule has 0 atom stereocenters. The van der Waals surface area contributed by atoms with Gasteiger partial charge in [-0.2, -0.15) is 0 Å². The van der Waals surface area contributed by atoms with Gasteiger partial charge < -0.3 is 14.6 Å². The Hall–Kier alpha value is -3.23. The molecule has 1 heterocycles. The van der Waals surface area contributed by atoms with Gasteiger partial charge in [0, 0.05) is 17.5 Å². The van der Waals surface area contributed by atoms with Gasteiger partial charge in [-0.25, -0.2) is 18.0 Å². The van der Waals surface area contributed by atoms with Crippen molar-refractivity contribution in [1.29, 1.82) is 0 Å². The standard InChI is InChI=1S/C22H22F3NO5/c1-22(2)11-13-7-14(23)10-15(19(13)26(22)21(29)30-3)12-8-16(24)20(17(25)9-12)31-6-4-5-18(27)28/h7-10H,4-6,11H2,1-3H3,(H,27,28). The summed E-state index contributed by atoms with van der Waals surface area (Å²) < 4.78 is 53.5. The lowest BCUT2D eigenvalue weighted by Gasteiger charge is -2.31. The smallest absolute Gasteiger partial charge is 0.414 e. The van der Waals surface area contributed by atoms with E-state index in [0.29, 0.717) is 17.7 Å². The summed E-state index contributed by atoms with van der Waals surface area (Å²) in [5.74, 6) is -4.34. The van der Waals surface area contributed by atoms with E-state index in [4.69, 9.17) is 14.6 Å². The second kappa shape index (κ2) is 8.49. The Morgan fingerprint density at radius 2 is 1.77 bits per heavy atom. The fraction of sp³-hybridized carbons (Fsp3) is 0.364. The highest BCUT2D eigenvalue weighted by Crippen LogP contribution is 2.46. The summed E-state index contributed by atoms with van der Waals surface area (Å²) in [5, 5.41) is 8.63. The number of amides is 1. The monoisotopic (exact) mass is 437 g/mol. The molecule has 0 fully saturated rings. The number of ether oxygens (including phenoxy) is 2. The third kappa shape index (κ3) is 4.45. The summed E-state index contributed by atoms with van der Waals surface area (Å²) in [6, 6.07) is 4.38. The first-order chi connectivity index (χ1) is 14.5. The molecule has 0 aromatic heterocycles. The molecule has 1 aliphatic rings. The number of hydrogen-bond acceptors (Lipinski definition) is 4. The third-order valence-electron chi connectivity index (χ3n) is 5.05. The molecule has 0 aliphatic carbocycles. The van der Waals surface area contributed by atoms with Gasteiger partial charge in [0.15, 0.2) is 17.4 Å². The number of anilines is 1. The molecule has 2 aromatic rings. The normalized spacial score (nSPS) is 14.3. The summed E-state index contributed by atoms with van der Waals surface area (Å²) in [4.78, 5) is 24.3. The van der Waals surface area contributed by atoms with E-state index in [-0.39, 0.29) is 30.6 Å². The van der Waals surface area contributed by atoms with E-state index in [1.165, 1.54) is 18.1 Å². The molecule has 1 N–H and O–H groups in total. The molecular formula is C22H22F3NO5. The van der Waals surface area contributed by atoms with Gasteiger partial charge in [0.05, 0.1) is 19.4 Å². The number of hydrogen-bond donors (Lipinski definition) is 1. The van der Waals surface area contributed by atoms with E-state index < -0.39 is 40.8 Å². The zero-order chi connectivity index (χ0) is 22.9. The van der Waals surface area contributed by atoms with Gasteiger partial charge in [-0.15, -0.1) is 0 Å². The molecule has 3 rings (SSSR count). The summed E-state index contributed by atoms with van der Waals surface area (Å²) in [5.41, 5.74) is 0.270. The third-order valence-corrected chi connectivity index (χ3v) is 5.05. The van der Waals surface area contributed by atoms with Crippen molar-refractivity contribution in [2.24, 2.45) is 0 Å². The molecule has 0 saturated carbocycles. The van der Waals surface area contributed by atoms with Crippen LogP contribution in [-0.2, 0) is 16.0 Å². The van der Waals surface area contributed by atoms with E-state index in [2.05, 4.69) is 0 Å². The maximum absolute atomic E-state index is 14.6. The molecule has 0 bridgehead atoms. The summed E-state index contributed by atoms with van der Waals surface area (Å²) in [7, 11) is 1.22. The summed E-state index contributed by atoms with van der Waals surface area (Å²) in [6.07, 6.45) is -0.458. The number of carboxylic acids is 1. The zero-order valence-electron chi connectivity index (χ0n) is 17.3. The van der Waals surface area contributed by atoms with Gasteiger partial charge in [0.2, 0.25) is 0 Å². The van der Waals surface area contributed by atoms with Crippen molar-refractivity contribution in [1.82, 2.24) is 0 Å². The van der Waals surface area contributed by atoms with E-state index in [0.717, 1.165) is 18.2 Å². The molecule has 0 radical (unpaired) electrons. The van der Waals surface area contributed by atoms with E-state index in [9.17, 15) is 22.8 Å². The van der Waals surface area contributed by atoms with Crippen LogP contribution >= 0.6 is 0 Å². The summed E-state index contributed by atoms with van der Waals surface area (Å²) in [6.45, 7) is 3.38. The van der Waals surface area contributed by atoms with Gasteiger partial charge in [-0.3, -0.25) is 9.69 Å². The Morgan fingerprint density at radius 1 is 1.13 bits per heavy atom.